The standard InChI is InChI=1S/C5H6S5/c1-6-9-10-8-5-3-2-4-7-5/h2-4H,1H3. The molecule has 0 amide bonds. The normalized spacial score (nSPS) is 10.1. The fourth-order valence-corrected chi connectivity index (χ4v) is 6.77. The van der Waals surface area contributed by atoms with Crippen molar-refractivity contribution >= 4 is 52.6 Å². The molecule has 10 heavy (non-hydrogen) atoms. The first-order chi connectivity index (χ1) is 4.93. The number of thiophene rings is 1. The van der Waals surface area contributed by atoms with Gasteiger partial charge in [-0.05, 0) is 48.1 Å². The maximum absolute atomic E-state index is 2.14. The Morgan fingerprint density at radius 3 is 2.90 bits per heavy atom. The highest BCUT2D eigenvalue weighted by Crippen LogP contribution is 2.46. The van der Waals surface area contributed by atoms with Gasteiger partial charge in [-0.1, -0.05) is 16.9 Å². The summed E-state index contributed by atoms with van der Waals surface area (Å²) in [7, 11) is 7.24. The third-order valence-electron chi connectivity index (χ3n) is 0.707. The molecule has 0 aliphatic heterocycles. The molecule has 56 valence electrons. The second kappa shape index (κ2) is 5.71. The van der Waals surface area contributed by atoms with Crippen LogP contribution in [0.5, 0.6) is 0 Å². The summed E-state index contributed by atoms with van der Waals surface area (Å²) in [5.41, 5.74) is 0. The Morgan fingerprint density at radius 2 is 2.30 bits per heavy atom. The minimum atomic E-state index is 1.38. The first-order valence-electron chi connectivity index (χ1n) is 2.51. The van der Waals surface area contributed by atoms with Crippen molar-refractivity contribution in [2.75, 3.05) is 6.26 Å². The van der Waals surface area contributed by atoms with Gasteiger partial charge in [0.1, 0.15) is 0 Å². The molecule has 0 fully saturated rings. The molecule has 0 bridgehead atoms. The first kappa shape index (κ1) is 9.19. The van der Waals surface area contributed by atoms with Crippen LogP contribution in [0.15, 0.2) is 21.7 Å². The van der Waals surface area contributed by atoms with Crippen molar-refractivity contribution in [3.05, 3.63) is 17.5 Å². The van der Waals surface area contributed by atoms with E-state index in [1.54, 1.807) is 22.1 Å². The molecule has 0 saturated heterocycles. The Morgan fingerprint density at radius 1 is 1.40 bits per heavy atom. The van der Waals surface area contributed by atoms with Crippen LogP contribution in [0.3, 0.4) is 0 Å². The molecule has 1 aromatic rings. The van der Waals surface area contributed by atoms with Crippen LogP contribution in [-0.4, -0.2) is 6.26 Å². The molecule has 0 aliphatic rings. The summed E-state index contributed by atoms with van der Waals surface area (Å²) in [5.74, 6) is 0. The summed E-state index contributed by atoms with van der Waals surface area (Å²) < 4.78 is 1.38. The number of hydrogen-bond acceptors (Lipinski definition) is 5. The Hall–Kier alpha value is 1.10. The van der Waals surface area contributed by atoms with E-state index in [1.807, 2.05) is 30.4 Å². The monoisotopic (exact) mass is 226 g/mol. The van der Waals surface area contributed by atoms with Crippen LogP contribution in [0.4, 0.5) is 0 Å². The lowest BCUT2D eigenvalue weighted by Crippen LogP contribution is -1.44. The average molecular weight is 226 g/mol. The highest BCUT2D eigenvalue weighted by Gasteiger charge is 1.93. The van der Waals surface area contributed by atoms with Gasteiger partial charge in [-0.15, -0.1) is 11.3 Å². The third kappa shape index (κ3) is 3.48. The van der Waals surface area contributed by atoms with Crippen molar-refractivity contribution in [2.45, 2.75) is 4.21 Å². The van der Waals surface area contributed by atoms with Crippen LogP contribution in [0.25, 0.3) is 0 Å². The van der Waals surface area contributed by atoms with Crippen LogP contribution < -0.4 is 0 Å². The molecule has 0 nitrogen and oxygen atoms in total. The third-order valence-corrected chi connectivity index (χ3v) is 7.94. The summed E-state index contributed by atoms with van der Waals surface area (Å²) in [5, 5.41) is 2.10. The second-order valence-corrected chi connectivity index (χ2v) is 8.50. The zero-order chi connectivity index (χ0) is 7.23. The highest BCUT2D eigenvalue weighted by molar-refractivity contribution is 9.26. The minimum Gasteiger partial charge on any atom is -0.137 e. The molecule has 0 atom stereocenters. The van der Waals surface area contributed by atoms with Gasteiger partial charge in [0.25, 0.3) is 0 Å². The number of rotatable bonds is 4. The van der Waals surface area contributed by atoms with Gasteiger partial charge in [0.15, 0.2) is 0 Å². The lowest BCUT2D eigenvalue weighted by atomic mass is 10.7. The first-order valence-corrected chi connectivity index (χ1v) is 8.61. The van der Waals surface area contributed by atoms with E-state index in [9.17, 15) is 0 Å². The molecule has 0 spiro atoms. The summed E-state index contributed by atoms with van der Waals surface area (Å²) in [6.07, 6.45) is 2.09. The molecule has 0 aromatic carbocycles. The molecule has 1 rings (SSSR count). The maximum atomic E-state index is 2.14. The SMILES string of the molecule is CSSSSc1cccs1. The summed E-state index contributed by atoms with van der Waals surface area (Å²) >= 11 is 1.79. The van der Waals surface area contributed by atoms with E-state index in [0.29, 0.717) is 0 Å². The fraction of sp³-hybridized carbons (Fsp3) is 0.200. The lowest BCUT2D eigenvalue weighted by Gasteiger charge is -1.91. The van der Waals surface area contributed by atoms with Gasteiger partial charge in [0, 0.05) is 0 Å². The largest absolute Gasteiger partial charge is 0.137 e. The quantitative estimate of drug-likeness (QED) is 0.550. The zero-order valence-corrected chi connectivity index (χ0v) is 9.36. The Bertz CT molecular complexity index is 159. The van der Waals surface area contributed by atoms with Crippen molar-refractivity contribution in [3.63, 3.8) is 0 Å². The van der Waals surface area contributed by atoms with E-state index in [4.69, 9.17) is 0 Å². The van der Waals surface area contributed by atoms with E-state index < -0.39 is 0 Å². The van der Waals surface area contributed by atoms with Crippen LogP contribution in [0, 0.1) is 0 Å². The van der Waals surface area contributed by atoms with E-state index in [1.165, 1.54) is 4.21 Å². The summed E-state index contributed by atoms with van der Waals surface area (Å²) in [6.45, 7) is 0. The molecular weight excluding hydrogens is 220 g/mol. The van der Waals surface area contributed by atoms with E-state index >= 15 is 0 Å². The fourth-order valence-electron chi connectivity index (χ4n) is 0.386. The zero-order valence-electron chi connectivity index (χ0n) is 5.27. The van der Waals surface area contributed by atoms with Crippen molar-refractivity contribution < 1.29 is 0 Å². The Balaban J connectivity index is 2.15. The molecule has 5 heteroatoms. The van der Waals surface area contributed by atoms with Crippen LogP contribution in [0.2, 0.25) is 0 Å². The van der Waals surface area contributed by atoms with E-state index in [-0.39, 0.29) is 0 Å². The highest BCUT2D eigenvalue weighted by atomic mass is 33.7. The smallest absolute Gasteiger partial charge is 0.0714 e. The van der Waals surface area contributed by atoms with Crippen LogP contribution in [0.1, 0.15) is 0 Å². The van der Waals surface area contributed by atoms with Crippen molar-refractivity contribution in [1.29, 1.82) is 0 Å². The molecule has 0 radical (unpaired) electrons. The topological polar surface area (TPSA) is 0 Å². The van der Waals surface area contributed by atoms with Gasteiger partial charge in [0.2, 0.25) is 0 Å². The molecule has 1 aromatic heterocycles. The predicted octanol–water partition coefficient (Wildman–Crippen LogP) is 4.41. The van der Waals surface area contributed by atoms with Crippen LogP contribution in [-0.2, 0) is 0 Å². The molecule has 0 N–H and O–H groups in total. The Kier molecular flexibility index (Phi) is 5.25. The molecule has 1 heterocycles. The molecule has 0 aliphatic carbocycles. The molecular formula is C5H6S5. The Labute approximate surface area is 80.1 Å². The van der Waals surface area contributed by atoms with Crippen molar-refractivity contribution in [3.8, 4) is 0 Å². The van der Waals surface area contributed by atoms with Gasteiger partial charge >= 0.3 is 0 Å². The van der Waals surface area contributed by atoms with Gasteiger partial charge in [-0.3, -0.25) is 0 Å². The van der Waals surface area contributed by atoms with Gasteiger partial charge in [0.05, 0.1) is 4.21 Å². The van der Waals surface area contributed by atoms with Crippen molar-refractivity contribution in [2.24, 2.45) is 0 Å². The molecule has 0 saturated carbocycles. The predicted molar refractivity (Wildman–Crippen MR) is 58.9 cm³/mol. The minimum absolute atomic E-state index is 1.38. The van der Waals surface area contributed by atoms with Crippen molar-refractivity contribution in [1.82, 2.24) is 0 Å². The van der Waals surface area contributed by atoms with Gasteiger partial charge in [-0.2, -0.15) is 0 Å². The van der Waals surface area contributed by atoms with E-state index in [0.717, 1.165) is 0 Å². The van der Waals surface area contributed by atoms with Gasteiger partial charge < -0.3 is 0 Å². The van der Waals surface area contributed by atoms with E-state index in [2.05, 4.69) is 23.8 Å². The second-order valence-electron chi connectivity index (χ2n) is 1.32. The maximum Gasteiger partial charge on any atom is 0.0714 e. The molecule has 0 unspecified atom stereocenters. The number of hydrogen-bond donors (Lipinski definition) is 0. The van der Waals surface area contributed by atoms with Gasteiger partial charge in [-0.25, -0.2) is 0 Å². The summed E-state index contributed by atoms with van der Waals surface area (Å²) in [4.78, 5) is 0. The lowest BCUT2D eigenvalue weighted by molar-refractivity contribution is 1.76. The average Bonchev–Trinajstić information content (AvgIpc) is 2.41. The van der Waals surface area contributed by atoms with Crippen LogP contribution >= 0.6 is 52.6 Å². The summed E-state index contributed by atoms with van der Waals surface area (Å²) in [6, 6.07) is 4.22.